The summed E-state index contributed by atoms with van der Waals surface area (Å²) >= 11 is 0. The van der Waals surface area contributed by atoms with Crippen molar-refractivity contribution in [3.05, 3.63) is 43.0 Å². The fourth-order valence-electron chi connectivity index (χ4n) is 2.14. The molecule has 2 aromatic heterocycles. The summed E-state index contributed by atoms with van der Waals surface area (Å²) in [6.07, 6.45) is 5.11. The van der Waals surface area contributed by atoms with Gasteiger partial charge in [-0.1, -0.05) is 17.3 Å². The van der Waals surface area contributed by atoms with Crippen LogP contribution in [0, 0.1) is 0 Å². The second kappa shape index (κ2) is 3.01. The molecule has 80 valence electrons. The van der Waals surface area contributed by atoms with E-state index in [0.717, 1.165) is 32.6 Å². The fourth-order valence-corrected chi connectivity index (χ4v) is 2.14. The number of benzene rings is 2. The summed E-state index contributed by atoms with van der Waals surface area (Å²) in [4.78, 5) is 8.37. The molecule has 4 heteroatoms. The molecule has 0 amide bonds. The van der Waals surface area contributed by atoms with Crippen molar-refractivity contribution in [3.63, 3.8) is 0 Å². The van der Waals surface area contributed by atoms with E-state index in [1.54, 1.807) is 12.5 Å². The van der Waals surface area contributed by atoms with Gasteiger partial charge in [0.25, 0.3) is 0 Å². The molecule has 0 spiro atoms. The first-order valence-electron chi connectivity index (χ1n) is 5.29. The van der Waals surface area contributed by atoms with Gasteiger partial charge in [-0.25, -0.2) is 9.97 Å². The van der Waals surface area contributed by atoms with Gasteiger partial charge in [0, 0.05) is 22.4 Å². The Morgan fingerprint density at radius 2 is 1.88 bits per heavy atom. The van der Waals surface area contributed by atoms with Gasteiger partial charge in [-0.2, -0.15) is 0 Å². The minimum atomic E-state index is 0.797. The molecule has 0 radical (unpaired) electrons. The molecule has 0 saturated carbocycles. The molecule has 0 fully saturated rings. The summed E-state index contributed by atoms with van der Waals surface area (Å²) in [7, 11) is 0. The normalized spacial score (nSPS) is 11.5. The Balaban J connectivity index is 2.30. The molecule has 0 saturated heterocycles. The van der Waals surface area contributed by atoms with Crippen LogP contribution in [0.15, 0.2) is 47.5 Å². The lowest BCUT2D eigenvalue weighted by Gasteiger charge is -2.01. The Kier molecular flexibility index (Phi) is 1.53. The molecule has 17 heavy (non-hydrogen) atoms. The molecular weight excluding hydrogens is 214 g/mol. The first-order chi connectivity index (χ1) is 8.42. The monoisotopic (exact) mass is 221 g/mol. The SMILES string of the molecule is c1ncc2ccc3cc4oncc4cc3c2n1. The van der Waals surface area contributed by atoms with Crippen molar-refractivity contribution in [1.29, 1.82) is 0 Å². The number of hydrogen-bond acceptors (Lipinski definition) is 4. The van der Waals surface area contributed by atoms with Gasteiger partial charge >= 0.3 is 0 Å². The van der Waals surface area contributed by atoms with Crippen molar-refractivity contribution in [2.24, 2.45) is 0 Å². The summed E-state index contributed by atoms with van der Waals surface area (Å²) < 4.78 is 5.16. The number of hydrogen-bond donors (Lipinski definition) is 0. The Morgan fingerprint density at radius 3 is 2.88 bits per heavy atom. The van der Waals surface area contributed by atoms with E-state index in [4.69, 9.17) is 4.52 Å². The van der Waals surface area contributed by atoms with Crippen molar-refractivity contribution in [1.82, 2.24) is 15.1 Å². The van der Waals surface area contributed by atoms with Gasteiger partial charge in [-0.3, -0.25) is 0 Å². The highest BCUT2D eigenvalue weighted by Gasteiger charge is 2.05. The van der Waals surface area contributed by atoms with E-state index in [9.17, 15) is 0 Å². The van der Waals surface area contributed by atoms with Gasteiger partial charge in [0.2, 0.25) is 0 Å². The standard InChI is InChI=1S/C13H7N3O/c1-2-9-5-14-7-15-13(9)11-3-10-6-16-17-12(10)4-8(1)11/h1-7H. The summed E-state index contributed by atoms with van der Waals surface area (Å²) in [6, 6.07) is 8.10. The molecule has 4 nitrogen and oxygen atoms in total. The molecule has 4 rings (SSSR count). The highest BCUT2D eigenvalue weighted by molar-refractivity contribution is 6.09. The fraction of sp³-hybridized carbons (Fsp3) is 0. The number of rotatable bonds is 0. The number of nitrogens with zero attached hydrogens (tertiary/aromatic N) is 3. The van der Waals surface area contributed by atoms with Crippen molar-refractivity contribution >= 4 is 32.6 Å². The van der Waals surface area contributed by atoms with Gasteiger partial charge in [-0.15, -0.1) is 0 Å². The molecule has 0 atom stereocenters. The van der Waals surface area contributed by atoms with Crippen LogP contribution in [0.25, 0.3) is 32.6 Å². The first kappa shape index (κ1) is 8.64. The summed E-state index contributed by atoms with van der Waals surface area (Å²) in [5.74, 6) is 0. The van der Waals surface area contributed by atoms with E-state index >= 15 is 0 Å². The third-order valence-corrected chi connectivity index (χ3v) is 2.96. The highest BCUT2D eigenvalue weighted by atomic mass is 16.5. The summed E-state index contributed by atoms with van der Waals surface area (Å²) in [5, 5.41) is 8.02. The van der Waals surface area contributed by atoms with E-state index in [-0.39, 0.29) is 0 Å². The minimum absolute atomic E-state index is 0.797. The average molecular weight is 221 g/mol. The van der Waals surface area contributed by atoms with Gasteiger partial charge in [0.1, 0.15) is 6.33 Å². The lowest BCUT2D eigenvalue weighted by atomic mass is 10.1. The second-order valence-electron chi connectivity index (χ2n) is 3.96. The molecule has 2 heterocycles. The van der Waals surface area contributed by atoms with Gasteiger partial charge in [-0.05, 0) is 17.5 Å². The molecule has 2 aromatic carbocycles. The maximum Gasteiger partial charge on any atom is 0.167 e. The predicted octanol–water partition coefficient (Wildman–Crippen LogP) is 2.92. The molecule has 0 unspecified atom stereocenters. The Hall–Kier alpha value is -2.49. The Morgan fingerprint density at radius 1 is 0.941 bits per heavy atom. The first-order valence-corrected chi connectivity index (χ1v) is 5.29. The number of aromatic nitrogens is 3. The molecule has 0 aliphatic heterocycles. The smallest absolute Gasteiger partial charge is 0.167 e. The zero-order valence-electron chi connectivity index (χ0n) is 8.79. The van der Waals surface area contributed by atoms with Gasteiger partial charge < -0.3 is 4.52 Å². The molecule has 0 N–H and O–H groups in total. The maximum atomic E-state index is 5.16. The minimum Gasteiger partial charge on any atom is -0.356 e. The van der Waals surface area contributed by atoms with Crippen molar-refractivity contribution in [3.8, 4) is 0 Å². The molecular formula is C13H7N3O. The largest absolute Gasteiger partial charge is 0.356 e. The molecule has 0 aliphatic rings. The van der Waals surface area contributed by atoms with Gasteiger partial charge in [0.05, 0.1) is 11.7 Å². The van der Waals surface area contributed by atoms with E-state index in [0.29, 0.717) is 0 Å². The topological polar surface area (TPSA) is 51.8 Å². The van der Waals surface area contributed by atoms with Crippen LogP contribution in [0.5, 0.6) is 0 Å². The van der Waals surface area contributed by atoms with Crippen LogP contribution in [-0.4, -0.2) is 15.1 Å². The third-order valence-electron chi connectivity index (χ3n) is 2.96. The van der Waals surface area contributed by atoms with Crippen LogP contribution in [0.3, 0.4) is 0 Å². The lowest BCUT2D eigenvalue weighted by Crippen LogP contribution is -1.83. The lowest BCUT2D eigenvalue weighted by molar-refractivity contribution is 0.456. The summed E-state index contributed by atoms with van der Waals surface area (Å²) in [5.41, 5.74) is 1.76. The Labute approximate surface area is 95.9 Å². The zero-order chi connectivity index (χ0) is 11.2. The molecule has 0 bridgehead atoms. The predicted molar refractivity (Wildman–Crippen MR) is 64.6 cm³/mol. The van der Waals surface area contributed by atoms with Crippen molar-refractivity contribution in [2.45, 2.75) is 0 Å². The average Bonchev–Trinajstić information content (AvgIpc) is 2.83. The van der Waals surface area contributed by atoms with Crippen molar-refractivity contribution < 1.29 is 4.52 Å². The van der Waals surface area contributed by atoms with Crippen LogP contribution in [0.4, 0.5) is 0 Å². The van der Waals surface area contributed by atoms with Crippen LogP contribution in [-0.2, 0) is 0 Å². The quantitative estimate of drug-likeness (QED) is 0.428. The Bertz CT molecular complexity index is 851. The van der Waals surface area contributed by atoms with E-state index in [2.05, 4.69) is 21.2 Å². The van der Waals surface area contributed by atoms with E-state index < -0.39 is 0 Å². The van der Waals surface area contributed by atoms with Crippen LogP contribution in [0.1, 0.15) is 0 Å². The van der Waals surface area contributed by atoms with Crippen LogP contribution in [0.2, 0.25) is 0 Å². The van der Waals surface area contributed by atoms with Crippen LogP contribution >= 0.6 is 0 Å². The van der Waals surface area contributed by atoms with E-state index in [1.807, 2.05) is 24.4 Å². The second-order valence-corrected chi connectivity index (χ2v) is 3.96. The number of fused-ring (bicyclic) bond motifs is 4. The molecule has 0 aliphatic carbocycles. The highest BCUT2D eigenvalue weighted by Crippen LogP contribution is 2.27. The zero-order valence-corrected chi connectivity index (χ0v) is 8.79. The summed E-state index contributed by atoms with van der Waals surface area (Å²) in [6.45, 7) is 0. The third kappa shape index (κ3) is 1.15. The maximum absolute atomic E-state index is 5.16. The molecule has 4 aromatic rings. The van der Waals surface area contributed by atoms with E-state index in [1.165, 1.54) is 0 Å². The van der Waals surface area contributed by atoms with Gasteiger partial charge in [0.15, 0.2) is 5.58 Å². The van der Waals surface area contributed by atoms with Crippen molar-refractivity contribution in [2.75, 3.05) is 0 Å². The van der Waals surface area contributed by atoms with Crippen LogP contribution < -0.4 is 0 Å².